The van der Waals surface area contributed by atoms with Gasteiger partial charge in [-0.15, -0.1) is 0 Å². The number of rotatable bonds is 18. The Kier molecular flexibility index (Phi) is 14.7. The summed E-state index contributed by atoms with van der Waals surface area (Å²) in [7, 11) is -4.54. The molecule has 196 valence electrons. The van der Waals surface area contributed by atoms with E-state index in [1.54, 1.807) is 26.0 Å². The Morgan fingerprint density at radius 3 is 2.24 bits per heavy atom. The van der Waals surface area contributed by atoms with Gasteiger partial charge in [-0.25, -0.2) is 4.57 Å². The Morgan fingerprint density at radius 1 is 1.03 bits per heavy atom. The zero-order valence-corrected chi connectivity index (χ0v) is 21.3. The zero-order valence-electron chi connectivity index (χ0n) is 20.4. The number of hydrogen-bond donors (Lipinski definition) is 6. The van der Waals surface area contributed by atoms with E-state index in [0.717, 1.165) is 44.8 Å². The number of carbonyl (C=O) groups is 1. The molecule has 6 N–H and O–H groups in total. The molecule has 1 aromatic rings. The maximum Gasteiger partial charge on any atom is 0.469 e. The Hall–Kier alpha value is -1.40. The van der Waals surface area contributed by atoms with Crippen LogP contribution in [0.2, 0.25) is 0 Å². The summed E-state index contributed by atoms with van der Waals surface area (Å²) in [6.07, 6.45) is -0.811. The monoisotopic (exact) mass is 504 g/mol. The second-order valence-corrected chi connectivity index (χ2v) is 9.59. The fourth-order valence-corrected chi connectivity index (χ4v) is 3.63. The Bertz CT molecular complexity index is 743. The van der Waals surface area contributed by atoms with Crippen LogP contribution in [0.15, 0.2) is 24.3 Å². The van der Waals surface area contributed by atoms with E-state index in [1.165, 1.54) is 0 Å². The molecule has 0 saturated carbocycles. The van der Waals surface area contributed by atoms with Gasteiger partial charge >= 0.3 is 7.82 Å². The van der Waals surface area contributed by atoms with E-state index >= 15 is 0 Å². The molecule has 0 saturated heterocycles. The van der Waals surface area contributed by atoms with Crippen LogP contribution in [0.5, 0.6) is 0 Å². The number of phosphoric acid groups is 1. The van der Waals surface area contributed by atoms with Gasteiger partial charge in [0.25, 0.3) is 5.91 Å². The third kappa shape index (κ3) is 14.8. The number of phosphoric ester groups is 1. The maximum atomic E-state index is 12.2. The highest BCUT2D eigenvalue weighted by Crippen LogP contribution is 2.35. The molecular weight excluding hydrogens is 463 g/mol. The number of amides is 1. The van der Waals surface area contributed by atoms with Gasteiger partial charge in [0.15, 0.2) is 0 Å². The molecule has 12 heteroatoms. The van der Waals surface area contributed by atoms with Crippen molar-refractivity contribution in [3.05, 3.63) is 35.4 Å². The average Bonchev–Trinajstić information content (AvgIpc) is 2.75. The summed E-state index contributed by atoms with van der Waals surface area (Å²) in [6, 6.07) is 7.21. The Morgan fingerprint density at radius 2 is 1.68 bits per heavy atom. The van der Waals surface area contributed by atoms with Gasteiger partial charge in [-0.3, -0.25) is 19.1 Å². The minimum atomic E-state index is -4.54. The van der Waals surface area contributed by atoms with E-state index < -0.39 is 13.9 Å². The van der Waals surface area contributed by atoms with Crippen LogP contribution in [0.4, 0.5) is 0 Å². The van der Waals surface area contributed by atoms with Crippen molar-refractivity contribution in [2.45, 2.75) is 39.5 Å². The van der Waals surface area contributed by atoms with E-state index in [2.05, 4.69) is 31.9 Å². The van der Waals surface area contributed by atoms with Crippen LogP contribution in [0.25, 0.3) is 0 Å². The summed E-state index contributed by atoms with van der Waals surface area (Å²) in [5.74, 6) is -0.342. The summed E-state index contributed by atoms with van der Waals surface area (Å²) >= 11 is 0. The molecule has 0 heterocycles. The fourth-order valence-electron chi connectivity index (χ4n) is 3.30. The van der Waals surface area contributed by atoms with E-state index in [0.29, 0.717) is 18.7 Å². The molecular formula is C22H41N4O7P. The molecule has 2 atom stereocenters. The normalized spacial score (nSPS) is 13.9. The fraction of sp³-hybridized carbons (Fsp3) is 0.682. The van der Waals surface area contributed by atoms with E-state index in [4.69, 9.17) is 9.79 Å². The lowest BCUT2D eigenvalue weighted by Gasteiger charge is -2.28. The lowest BCUT2D eigenvalue weighted by Crippen LogP contribution is -2.42. The van der Waals surface area contributed by atoms with Crippen LogP contribution in [-0.2, 0) is 15.6 Å². The highest BCUT2D eigenvalue weighted by molar-refractivity contribution is 7.46. The van der Waals surface area contributed by atoms with Crippen LogP contribution in [-0.4, -0.2) is 107 Å². The van der Waals surface area contributed by atoms with Crippen molar-refractivity contribution in [1.29, 1.82) is 0 Å². The number of benzene rings is 1. The van der Waals surface area contributed by atoms with Crippen molar-refractivity contribution in [2.75, 3.05) is 59.0 Å². The zero-order chi connectivity index (χ0) is 25.6. The number of carbonyl (C=O) groups excluding carboxylic acids is 1. The van der Waals surface area contributed by atoms with E-state index in [9.17, 15) is 19.6 Å². The molecule has 0 aromatic heterocycles. The summed E-state index contributed by atoms with van der Waals surface area (Å²) in [5, 5.41) is 24.9. The standard InChI is InChI=1S/C22H41N4O7P/c1-4-25(12-13-26(16-19(3)28)11-9-23-15-18(2)27)17-20-5-7-21(8-6-20)22(29)24-10-14-33-34(30,31)32/h5-8,18-19,23,27-28H,4,9-17H2,1-3H3,(H,24,29)(H2,30,31,32)/t18-,19-/m0/s1. The average molecular weight is 505 g/mol. The highest BCUT2D eigenvalue weighted by atomic mass is 31.2. The third-order valence-electron chi connectivity index (χ3n) is 5.02. The number of aliphatic hydroxyl groups is 2. The summed E-state index contributed by atoms with van der Waals surface area (Å²) in [4.78, 5) is 33.9. The van der Waals surface area contributed by atoms with E-state index in [-0.39, 0.29) is 25.2 Å². The van der Waals surface area contributed by atoms with Gasteiger partial charge in [0.2, 0.25) is 0 Å². The minimum absolute atomic E-state index is 0.00713. The van der Waals surface area contributed by atoms with Crippen molar-refractivity contribution in [2.24, 2.45) is 0 Å². The number of nitrogens with zero attached hydrogens (tertiary/aromatic N) is 2. The molecule has 0 radical (unpaired) electrons. The van der Waals surface area contributed by atoms with E-state index in [1.807, 2.05) is 12.1 Å². The molecule has 0 aliphatic carbocycles. The van der Waals surface area contributed by atoms with Crippen LogP contribution < -0.4 is 10.6 Å². The van der Waals surface area contributed by atoms with Gasteiger partial charge in [-0.05, 0) is 38.1 Å². The van der Waals surface area contributed by atoms with Crippen molar-refractivity contribution in [1.82, 2.24) is 20.4 Å². The quantitative estimate of drug-likeness (QED) is 0.119. The molecule has 1 amide bonds. The third-order valence-corrected chi connectivity index (χ3v) is 5.53. The first-order chi connectivity index (χ1) is 16.0. The molecule has 34 heavy (non-hydrogen) atoms. The van der Waals surface area contributed by atoms with Crippen molar-refractivity contribution in [3.63, 3.8) is 0 Å². The summed E-state index contributed by atoms with van der Waals surface area (Å²) in [5.41, 5.74) is 1.51. The highest BCUT2D eigenvalue weighted by Gasteiger charge is 2.14. The second kappa shape index (κ2) is 16.3. The molecule has 1 rings (SSSR count). The molecule has 1 aromatic carbocycles. The Labute approximate surface area is 202 Å². The molecule has 11 nitrogen and oxygen atoms in total. The van der Waals surface area contributed by atoms with Crippen LogP contribution >= 0.6 is 7.82 Å². The van der Waals surface area contributed by atoms with Crippen molar-refractivity contribution in [3.8, 4) is 0 Å². The van der Waals surface area contributed by atoms with Gasteiger partial charge in [0, 0.05) is 57.9 Å². The first kappa shape index (κ1) is 30.6. The number of hydrogen-bond acceptors (Lipinski definition) is 8. The number of likely N-dealkylation sites (N-methyl/N-ethyl adjacent to an activating group) is 1. The second-order valence-electron chi connectivity index (χ2n) is 8.35. The van der Waals surface area contributed by atoms with Gasteiger partial charge < -0.3 is 30.6 Å². The van der Waals surface area contributed by atoms with Gasteiger partial charge in [-0.2, -0.15) is 0 Å². The lowest BCUT2D eigenvalue weighted by molar-refractivity contribution is 0.0941. The first-order valence-electron chi connectivity index (χ1n) is 11.6. The molecule has 0 bridgehead atoms. The molecule has 0 fully saturated rings. The number of aliphatic hydroxyl groups excluding tert-OH is 2. The van der Waals surface area contributed by atoms with Crippen molar-refractivity contribution < 1.29 is 33.9 Å². The molecule has 0 aliphatic heterocycles. The lowest BCUT2D eigenvalue weighted by atomic mass is 10.1. The van der Waals surface area contributed by atoms with Gasteiger partial charge in [-0.1, -0.05) is 19.1 Å². The largest absolute Gasteiger partial charge is 0.469 e. The van der Waals surface area contributed by atoms with Crippen LogP contribution in [0.3, 0.4) is 0 Å². The smallest absolute Gasteiger partial charge is 0.392 e. The topological polar surface area (TPSA) is 155 Å². The SMILES string of the molecule is CCN(CCN(CCNC[C@H](C)O)C[C@H](C)O)Cc1ccc(C(=O)NCCOP(=O)(O)O)cc1. The van der Waals surface area contributed by atoms with Gasteiger partial charge in [0.05, 0.1) is 18.8 Å². The van der Waals surface area contributed by atoms with Crippen LogP contribution in [0.1, 0.15) is 36.7 Å². The minimum Gasteiger partial charge on any atom is -0.392 e. The molecule has 0 unspecified atom stereocenters. The van der Waals surface area contributed by atoms with Crippen LogP contribution in [0, 0.1) is 0 Å². The Balaban J connectivity index is 2.50. The maximum absolute atomic E-state index is 12.2. The molecule has 0 aliphatic rings. The number of nitrogens with one attached hydrogen (secondary N) is 2. The first-order valence-corrected chi connectivity index (χ1v) is 13.1. The predicted octanol–water partition coefficient (Wildman–Crippen LogP) is 0.000800. The molecule has 0 spiro atoms. The summed E-state index contributed by atoms with van der Waals surface area (Å²) < 4.78 is 14.9. The van der Waals surface area contributed by atoms with Crippen molar-refractivity contribution >= 4 is 13.7 Å². The predicted molar refractivity (Wildman–Crippen MR) is 130 cm³/mol. The van der Waals surface area contributed by atoms with Gasteiger partial charge in [0.1, 0.15) is 0 Å². The summed E-state index contributed by atoms with van der Waals surface area (Å²) in [6.45, 7) is 11.1.